The van der Waals surface area contributed by atoms with Crippen LogP contribution in [0, 0.1) is 6.92 Å². The number of halogens is 1. The van der Waals surface area contributed by atoms with Crippen LogP contribution in [0.15, 0.2) is 67.0 Å². The molecule has 0 spiro atoms. The highest BCUT2D eigenvalue weighted by Gasteiger charge is 2.42. The molecule has 5 rings (SSSR count). The van der Waals surface area contributed by atoms with Gasteiger partial charge in [-0.25, -0.2) is 4.98 Å². The molecule has 34 heavy (non-hydrogen) atoms. The van der Waals surface area contributed by atoms with Crippen molar-refractivity contribution in [3.63, 3.8) is 0 Å². The van der Waals surface area contributed by atoms with Crippen LogP contribution in [0.4, 0.5) is 0 Å². The lowest BCUT2D eigenvalue weighted by Gasteiger charge is -2.43. The number of amides is 1. The standard InChI is InChI=1S/C26H24ClN3O4/c1-16-12-29(15-28-16)21-9-4-18(10-24(21)32-3)11-25-26(31)30-22(17(2)34-25)13-33-14-23(30)19-5-7-20(27)8-6-19/h4-12,14-15,17,22H,13H2,1-3H3/t17-,22+/m0/s1. The Balaban J connectivity index is 1.49. The van der Waals surface area contributed by atoms with Crippen LogP contribution in [0.1, 0.15) is 23.7 Å². The van der Waals surface area contributed by atoms with Crippen molar-refractivity contribution in [2.75, 3.05) is 13.7 Å². The number of morpholine rings is 1. The Kier molecular flexibility index (Phi) is 5.79. The minimum Gasteiger partial charge on any atom is -0.497 e. The van der Waals surface area contributed by atoms with Gasteiger partial charge in [0.1, 0.15) is 30.8 Å². The minimum absolute atomic E-state index is 0.221. The Hall–Kier alpha value is -3.71. The van der Waals surface area contributed by atoms with Gasteiger partial charge in [-0.05, 0) is 49.8 Å². The van der Waals surface area contributed by atoms with Gasteiger partial charge in [-0.2, -0.15) is 0 Å². The fraction of sp³-hybridized carbons (Fsp3) is 0.231. The van der Waals surface area contributed by atoms with Gasteiger partial charge in [-0.3, -0.25) is 9.69 Å². The van der Waals surface area contributed by atoms with Gasteiger partial charge in [-0.1, -0.05) is 29.8 Å². The molecule has 2 aliphatic rings. The zero-order valence-corrected chi connectivity index (χ0v) is 19.8. The third-order valence-corrected chi connectivity index (χ3v) is 6.22. The second-order valence-corrected chi connectivity index (χ2v) is 8.71. The van der Waals surface area contributed by atoms with Crippen LogP contribution in [0.25, 0.3) is 17.5 Å². The van der Waals surface area contributed by atoms with E-state index in [0.717, 1.165) is 22.5 Å². The zero-order valence-electron chi connectivity index (χ0n) is 19.1. The van der Waals surface area contributed by atoms with Crippen LogP contribution < -0.4 is 4.74 Å². The number of hydrogen-bond acceptors (Lipinski definition) is 5. The number of nitrogens with zero attached hydrogens (tertiary/aromatic N) is 3. The monoisotopic (exact) mass is 477 g/mol. The maximum absolute atomic E-state index is 13.6. The third-order valence-electron chi connectivity index (χ3n) is 5.97. The molecule has 0 N–H and O–H groups in total. The average Bonchev–Trinajstić information content (AvgIpc) is 3.28. The van der Waals surface area contributed by atoms with Crippen LogP contribution in [-0.2, 0) is 14.3 Å². The highest BCUT2D eigenvalue weighted by Crippen LogP contribution is 2.35. The predicted octanol–water partition coefficient (Wildman–Crippen LogP) is 4.83. The van der Waals surface area contributed by atoms with Crippen LogP contribution in [-0.4, -0.2) is 46.2 Å². The summed E-state index contributed by atoms with van der Waals surface area (Å²) in [7, 11) is 1.62. The van der Waals surface area contributed by atoms with Crippen molar-refractivity contribution in [2.45, 2.75) is 26.0 Å². The van der Waals surface area contributed by atoms with Gasteiger partial charge in [-0.15, -0.1) is 0 Å². The van der Waals surface area contributed by atoms with E-state index in [1.807, 2.05) is 54.9 Å². The summed E-state index contributed by atoms with van der Waals surface area (Å²) in [6, 6.07) is 12.8. The summed E-state index contributed by atoms with van der Waals surface area (Å²) in [5, 5.41) is 0.628. The van der Waals surface area contributed by atoms with Gasteiger partial charge in [0, 0.05) is 16.8 Å². The van der Waals surface area contributed by atoms with Crippen molar-refractivity contribution in [3.05, 3.63) is 88.9 Å². The molecule has 0 unspecified atom stereocenters. The van der Waals surface area contributed by atoms with Gasteiger partial charge >= 0.3 is 0 Å². The summed E-state index contributed by atoms with van der Waals surface area (Å²) in [6.07, 6.45) is 6.78. The number of hydrogen-bond donors (Lipinski definition) is 0. The third kappa shape index (κ3) is 4.03. The fourth-order valence-corrected chi connectivity index (χ4v) is 4.34. The molecule has 1 amide bonds. The summed E-state index contributed by atoms with van der Waals surface area (Å²) < 4.78 is 19.2. The highest BCUT2D eigenvalue weighted by atomic mass is 35.5. The lowest BCUT2D eigenvalue weighted by molar-refractivity contribution is -0.142. The number of rotatable bonds is 4. The van der Waals surface area contributed by atoms with Crippen LogP contribution in [0.3, 0.4) is 0 Å². The lowest BCUT2D eigenvalue weighted by Crippen LogP contribution is -2.54. The maximum atomic E-state index is 13.6. The summed E-state index contributed by atoms with van der Waals surface area (Å²) >= 11 is 6.05. The Morgan fingerprint density at radius 1 is 1.21 bits per heavy atom. The lowest BCUT2D eigenvalue weighted by atomic mass is 10.0. The van der Waals surface area contributed by atoms with Crippen LogP contribution >= 0.6 is 11.6 Å². The van der Waals surface area contributed by atoms with E-state index >= 15 is 0 Å². The summed E-state index contributed by atoms with van der Waals surface area (Å²) in [4.78, 5) is 19.6. The molecule has 3 heterocycles. The molecule has 2 aliphatic heterocycles. The number of ether oxygens (including phenoxy) is 3. The van der Waals surface area contributed by atoms with Gasteiger partial charge in [0.2, 0.25) is 0 Å². The van der Waals surface area contributed by atoms with Crippen molar-refractivity contribution in [1.82, 2.24) is 14.5 Å². The van der Waals surface area contributed by atoms with E-state index in [-0.39, 0.29) is 23.8 Å². The first-order chi connectivity index (χ1) is 16.4. The summed E-state index contributed by atoms with van der Waals surface area (Å²) in [5.41, 5.74) is 4.08. The number of carbonyl (C=O) groups is 1. The summed E-state index contributed by atoms with van der Waals surface area (Å²) in [6.45, 7) is 4.24. The molecular formula is C26H24ClN3O4. The van der Waals surface area contributed by atoms with E-state index in [4.69, 9.17) is 25.8 Å². The number of fused-ring (bicyclic) bond motifs is 1. The van der Waals surface area contributed by atoms with Crippen LogP contribution in [0.5, 0.6) is 5.75 Å². The van der Waals surface area contributed by atoms with E-state index in [1.165, 1.54) is 0 Å². The Morgan fingerprint density at radius 3 is 2.71 bits per heavy atom. The smallest absolute Gasteiger partial charge is 0.293 e. The molecule has 0 bridgehead atoms. The molecule has 1 saturated heterocycles. The van der Waals surface area contributed by atoms with Crippen molar-refractivity contribution in [3.8, 4) is 11.4 Å². The van der Waals surface area contributed by atoms with Crippen molar-refractivity contribution < 1.29 is 19.0 Å². The minimum atomic E-state index is -0.255. The van der Waals surface area contributed by atoms with Crippen molar-refractivity contribution in [2.24, 2.45) is 0 Å². The molecule has 174 valence electrons. The van der Waals surface area contributed by atoms with Crippen LogP contribution in [0.2, 0.25) is 5.02 Å². The Bertz CT molecular complexity index is 1300. The topological polar surface area (TPSA) is 65.8 Å². The van der Waals surface area contributed by atoms with E-state index < -0.39 is 0 Å². The van der Waals surface area contributed by atoms with E-state index in [0.29, 0.717) is 23.1 Å². The van der Waals surface area contributed by atoms with Gasteiger partial charge in [0.15, 0.2) is 5.76 Å². The number of aryl methyl sites for hydroxylation is 1. The first-order valence-electron chi connectivity index (χ1n) is 10.9. The van der Waals surface area contributed by atoms with Crippen molar-refractivity contribution in [1.29, 1.82) is 0 Å². The number of imidazole rings is 1. The molecular weight excluding hydrogens is 454 g/mol. The molecule has 0 radical (unpaired) electrons. The number of carbonyl (C=O) groups excluding carboxylic acids is 1. The molecule has 1 fully saturated rings. The Labute approximate surface area is 202 Å². The number of aromatic nitrogens is 2. The second-order valence-electron chi connectivity index (χ2n) is 8.27. The summed E-state index contributed by atoms with van der Waals surface area (Å²) in [5.74, 6) is 0.703. The fourth-order valence-electron chi connectivity index (χ4n) is 4.21. The number of benzene rings is 2. The van der Waals surface area contributed by atoms with Gasteiger partial charge in [0.05, 0.1) is 30.5 Å². The molecule has 0 saturated carbocycles. The van der Waals surface area contributed by atoms with Gasteiger partial charge < -0.3 is 18.8 Å². The molecule has 1 aromatic heterocycles. The van der Waals surface area contributed by atoms with E-state index in [9.17, 15) is 4.79 Å². The molecule has 2 atom stereocenters. The first-order valence-corrected chi connectivity index (χ1v) is 11.3. The quantitative estimate of drug-likeness (QED) is 0.504. The average molecular weight is 478 g/mol. The molecule has 0 aliphatic carbocycles. The first kappa shape index (κ1) is 22.1. The SMILES string of the molecule is COc1cc(C=C2O[C@@H](C)[C@H]3COC=C(c4ccc(Cl)cc4)N3C2=O)ccc1-n1cnc(C)c1. The number of methoxy groups -OCH3 is 1. The maximum Gasteiger partial charge on any atom is 0.293 e. The normalized spacial score (nSPS) is 20.9. The van der Waals surface area contributed by atoms with E-state index in [2.05, 4.69) is 4.98 Å². The van der Waals surface area contributed by atoms with E-state index in [1.54, 1.807) is 42.8 Å². The molecule has 2 aromatic carbocycles. The Morgan fingerprint density at radius 2 is 2.00 bits per heavy atom. The van der Waals surface area contributed by atoms with Crippen molar-refractivity contribution >= 4 is 29.3 Å². The predicted molar refractivity (Wildman–Crippen MR) is 129 cm³/mol. The molecule has 7 nitrogen and oxygen atoms in total. The largest absolute Gasteiger partial charge is 0.497 e. The zero-order chi connectivity index (χ0) is 23.8. The highest BCUT2D eigenvalue weighted by molar-refractivity contribution is 6.30. The molecule has 8 heteroatoms. The van der Waals surface area contributed by atoms with Gasteiger partial charge in [0.25, 0.3) is 5.91 Å². The molecule has 3 aromatic rings. The second kappa shape index (κ2) is 8.91.